The SMILES string of the molecule is CC(=O)CCCCN(C)Cc1ccncc1. The van der Waals surface area contributed by atoms with E-state index < -0.39 is 0 Å². The lowest BCUT2D eigenvalue weighted by Gasteiger charge is -2.16. The number of pyridine rings is 1. The average Bonchev–Trinajstić information content (AvgIpc) is 2.25. The van der Waals surface area contributed by atoms with E-state index in [2.05, 4.69) is 16.9 Å². The first-order chi connectivity index (χ1) is 7.68. The molecule has 0 unspecified atom stereocenters. The van der Waals surface area contributed by atoms with Gasteiger partial charge in [-0.05, 0) is 51.1 Å². The van der Waals surface area contributed by atoms with Crippen LogP contribution in [0.25, 0.3) is 0 Å². The summed E-state index contributed by atoms with van der Waals surface area (Å²) in [6.07, 6.45) is 6.43. The van der Waals surface area contributed by atoms with Gasteiger partial charge in [0, 0.05) is 25.4 Å². The summed E-state index contributed by atoms with van der Waals surface area (Å²) in [6, 6.07) is 4.07. The summed E-state index contributed by atoms with van der Waals surface area (Å²) >= 11 is 0. The highest BCUT2D eigenvalue weighted by molar-refractivity contribution is 5.75. The Balaban J connectivity index is 2.16. The Hall–Kier alpha value is -1.22. The van der Waals surface area contributed by atoms with Crippen LogP contribution >= 0.6 is 0 Å². The van der Waals surface area contributed by atoms with Crippen molar-refractivity contribution in [1.82, 2.24) is 9.88 Å². The molecule has 3 nitrogen and oxygen atoms in total. The van der Waals surface area contributed by atoms with Gasteiger partial charge in [0.05, 0.1) is 0 Å². The molecule has 0 atom stereocenters. The van der Waals surface area contributed by atoms with Crippen LogP contribution in [0.2, 0.25) is 0 Å². The van der Waals surface area contributed by atoms with Gasteiger partial charge in [0.2, 0.25) is 0 Å². The molecule has 0 amide bonds. The standard InChI is InChI=1S/C13H20N2O/c1-12(16)5-3-4-10-15(2)11-13-6-8-14-9-7-13/h6-9H,3-5,10-11H2,1-2H3. The van der Waals surface area contributed by atoms with E-state index >= 15 is 0 Å². The molecule has 1 aromatic rings. The van der Waals surface area contributed by atoms with Crippen LogP contribution in [-0.2, 0) is 11.3 Å². The maximum absolute atomic E-state index is 10.8. The number of nitrogens with zero attached hydrogens (tertiary/aromatic N) is 2. The van der Waals surface area contributed by atoms with Crippen molar-refractivity contribution in [2.45, 2.75) is 32.7 Å². The minimum atomic E-state index is 0.289. The minimum Gasteiger partial charge on any atom is -0.302 e. The van der Waals surface area contributed by atoms with Crippen LogP contribution in [-0.4, -0.2) is 29.3 Å². The first-order valence-corrected chi connectivity index (χ1v) is 5.75. The van der Waals surface area contributed by atoms with Gasteiger partial charge in [-0.1, -0.05) is 0 Å². The number of aromatic nitrogens is 1. The van der Waals surface area contributed by atoms with Crippen molar-refractivity contribution in [3.8, 4) is 0 Å². The van der Waals surface area contributed by atoms with E-state index in [1.807, 2.05) is 24.5 Å². The fourth-order valence-electron chi connectivity index (χ4n) is 1.63. The third-order valence-corrected chi connectivity index (χ3v) is 2.52. The third kappa shape index (κ3) is 5.61. The number of carbonyl (C=O) groups excluding carboxylic acids is 1. The molecule has 0 spiro atoms. The molecule has 0 aromatic carbocycles. The van der Waals surface area contributed by atoms with E-state index in [1.54, 1.807) is 6.92 Å². The van der Waals surface area contributed by atoms with Crippen molar-refractivity contribution in [2.75, 3.05) is 13.6 Å². The van der Waals surface area contributed by atoms with E-state index in [4.69, 9.17) is 0 Å². The lowest BCUT2D eigenvalue weighted by Crippen LogP contribution is -2.19. The molecule has 1 rings (SSSR count). The molecule has 3 heteroatoms. The average molecular weight is 220 g/mol. The highest BCUT2D eigenvalue weighted by atomic mass is 16.1. The highest BCUT2D eigenvalue weighted by Crippen LogP contribution is 2.03. The molecule has 0 aliphatic heterocycles. The number of hydrogen-bond acceptors (Lipinski definition) is 3. The molecule has 0 aliphatic carbocycles. The zero-order valence-corrected chi connectivity index (χ0v) is 10.1. The van der Waals surface area contributed by atoms with Crippen molar-refractivity contribution in [2.24, 2.45) is 0 Å². The molecular weight excluding hydrogens is 200 g/mol. The molecule has 88 valence electrons. The number of unbranched alkanes of at least 4 members (excludes halogenated alkanes) is 1. The summed E-state index contributed by atoms with van der Waals surface area (Å²) in [7, 11) is 2.11. The Morgan fingerprint density at radius 3 is 2.62 bits per heavy atom. The first-order valence-electron chi connectivity index (χ1n) is 5.75. The van der Waals surface area contributed by atoms with Gasteiger partial charge >= 0.3 is 0 Å². The van der Waals surface area contributed by atoms with Gasteiger partial charge in [0.15, 0.2) is 0 Å². The van der Waals surface area contributed by atoms with Gasteiger partial charge in [0.25, 0.3) is 0 Å². The van der Waals surface area contributed by atoms with Gasteiger partial charge in [-0.3, -0.25) is 4.98 Å². The smallest absolute Gasteiger partial charge is 0.129 e. The van der Waals surface area contributed by atoms with Crippen LogP contribution in [0.5, 0.6) is 0 Å². The Bertz CT molecular complexity index is 311. The van der Waals surface area contributed by atoms with Crippen LogP contribution in [0.4, 0.5) is 0 Å². The first kappa shape index (κ1) is 12.8. The minimum absolute atomic E-state index is 0.289. The third-order valence-electron chi connectivity index (χ3n) is 2.52. The number of carbonyl (C=O) groups is 1. The second-order valence-electron chi connectivity index (χ2n) is 4.25. The summed E-state index contributed by atoms with van der Waals surface area (Å²) in [5.41, 5.74) is 1.28. The predicted molar refractivity (Wildman–Crippen MR) is 65.1 cm³/mol. The normalized spacial score (nSPS) is 10.7. The molecule has 1 heterocycles. The van der Waals surface area contributed by atoms with Gasteiger partial charge in [-0.15, -0.1) is 0 Å². The van der Waals surface area contributed by atoms with Gasteiger partial charge in [0.1, 0.15) is 5.78 Å². The second-order valence-corrected chi connectivity index (χ2v) is 4.25. The van der Waals surface area contributed by atoms with Crippen LogP contribution in [0.1, 0.15) is 31.7 Å². The summed E-state index contributed by atoms with van der Waals surface area (Å²) in [5.74, 6) is 0.289. The van der Waals surface area contributed by atoms with Crippen LogP contribution in [0, 0.1) is 0 Å². The predicted octanol–water partition coefficient (Wildman–Crippen LogP) is 2.27. The molecule has 0 bridgehead atoms. The maximum atomic E-state index is 10.8. The van der Waals surface area contributed by atoms with Crippen molar-refractivity contribution in [3.05, 3.63) is 30.1 Å². The molecule has 0 saturated carbocycles. The zero-order chi connectivity index (χ0) is 11.8. The number of rotatable bonds is 7. The van der Waals surface area contributed by atoms with Crippen LogP contribution in [0.3, 0.4) is 0 Å². The summed E-state index contributed by atoms with van der Waals surface area (Å²) in [6.45, 7) is 3.64. The summed E-state index contributed by atoms with van der Waals surface area (Å²) in [4.78, 5) is 17.0. The Morgan fingerprint density at radius 1 is 1.31 bits per heavy atom. The lowest BCUT2D eigenvalue weighted by molar-refractivity contribution is -0.117. The van der Waals surface area contributed by atoms with Crippen molar-refractivity contribution in [1.29, 1.82) is 0 Å². The number of ketones is 1. The monoisotopic (exact) mass is 220 g/mol. The number of hydrogen-bond donors (Lipinski definition) is 0. The zero-order valence-electron chi connectivity index (χ0n) is 10.1. The molecular formula is C13H20N2O. The second kappa shape index (κ2) is 7.12. The van der Waals surface area contributed by atoms with E-state index in [9.17, 15) is 4.79 Å². The van der Waals surface area contributed by atoms with Crippen LogP contribution in [0.15, 0.2) is 24.5 Å². The fraction of sp³-hybridized carbons (Fsp3) is 0.538. The van der Waals surface area contributed by atoms with Crippen molar-refractivity contribution in [3.63, 3.8) is 0 Å². The Morgan fingerprint density at radius 2 is 2.00 bits per heavy atom. The van der Waals surface area contributed by atoms with Crippen LogP contribution < -0.4 is 0 Å². The van der Waals surface area contributed by atoms with E-state index in [-0.39, 0.29) is 5.78 Å². The van der Waals surface area contributed by atoms with Gasteiger partial charge < -0.3 is 9.69 Å². The van der Waals surface area contributed by atoms with Gasteiger partial charge in [-0.25, -0.2) is 0 Å². The maximum Gasteiger partial charge on any atom is 0.129 e. The largest absolute Gasteiger partial charge is 0.302 e. The molecule has 16 heavy (non-hydrogen) atoms. The quantitative estimate of drug-likeness (QED) is 0.661. The molecule has 0 aliphatic rings. The molecule has 0 saturated heterocycles. The highest BCUT2D eigenvalue weighted by Gasteiger charge is 2.00. The molecule has 0 radical (unpaired) electrons. The molecule has 0 fully saturated rings. The fourth-order valence-corrected chi connectivity index (χ4v) is 1.63. The van der Waals surface area contributed by atoms with Gasteiger partial charge in [-0.2, -0.15) is 0 Å². The molecule has 1 aromatic heterocycles. The summed E-state index contributed by atoms with van der Waals surface area (Å²) in [5, 5.41) is 0. The lowest BCUT2D eigenvalue weighted by atomic mass is 10.2. The van der Waals surface area contributed by atoms with E-state index in [0.29, 0.717) is 6.42 Å². The van der Waals surface area contributed by atoms with E-state index in [0.717, 1.165) is 25.9 Å². The van der Waals surface area contributed by atoms with E-state index in [1.165, 1.54) is 5.56 Å². The van der Waals surface area contributed by atoms with Crippen molar-refractivity contribution >= 4 is 5.78 Å². The van der Waals surface area contributed by atoms with Crippen molar-refractivity contribution < 1.29 is 4.79 Å². The topological polar surface area (TPSA) is 33.2 Å². The summed E-state index contributed by atoms with van der Waals surface area (Å²) < 4.78 is 0. The number of Topliss-reactive ketones (excluding diaryl/α,β-unsaturated/α-hetero) is 1. The molecule has 0 N–H and O–H groups in total. The Labute approximate surface area is 97.5 Å². The Kier molecular flexibility index (Phi) is 5.72.